The lowest BCUT2D eigenvalue weighted by Crippen LogP contribution is -2.07. The van der Waals surface area contributed by atoms with Gasteiger partial charge in [0.1, 0.15) is 17.5 Å². The van der Waals surface area contributed by atoms with Crippen LogP contribution in [0.5, 0.6) is 0 Å². The van der Waals surface area contributed by atoms with E-state index in [2.05, 4.69) is 54.9 Å². The van der Waals surface area contributed by atoms with Crippen molar-refractivity contribution < 1.29 is 0 Å². The molecule has 1 aliphatic rings. The zero-order chi connectivity index (χ0) is 13.9. The summed E-state index contributed by atoms with van der Waals surface area (Å²) in [6.07, 6.45) is 2.43. The van der Waals surface area contributed by atoms with Crippen LogP contribution in [-0.4, -0.2) is 16.5 Å². The largest absolute Gasteiger partial charge is 0.370 e. The van der Waals surface area contributed by atoms with Gasteiger partial charge in [0.05, 0.1) is 6.54 Å². The molecule has 0 unspecified atom stereocenters. The fourth-order valence-corrected chi connectivity index (χ4v) is 3.37. The number of thiophene rings is 1. The van der Waals surface area contributed by atoms with Gasteiger partial charge in [-0.05, 0) is 41.8 Å². The Morgan fingerprint density at radius 2 is 2.00 bits per heavy atom. The maximum atomic E-state index is 4.63. The minimum atomic E-state index is 0.560. The highest BCUT2D eigenvalue weighted by molar-refractivity contribution is 9.10. The van der Waals surface area contributed by atoms with E-state index in [1.807, 2.05) is 6.07 Å². The predicted octanol–water partition coefficient (Wildman–Crippen LogP) is 4.22. The highest BCUT2D eigenvalue weighted by atomic mass is 79.9. The van der Waals surface area contributed by atoms with Gasteiger partial charge in [-0.1, -0.05) is 0 Å². The zero-order valence-electron chi connectivity index (χ0n) is 11.3. The first kappa shape index (κ1) is 13.8. The van der Waals surface area contributed by atoms with Crippen molar-refractivity contribution in [1.29, 1.82) is 0 Å². The van der Waals surface area contributed by atoms with Crippen LogP contribution in [-0.2, 0) is 6.54 Å². The molecule has 2 aromatic heterocycles. The van der Waals surface area contributed by atoms with Crippen molar-refractivity contribution in [2.45, 2.75) is 32.2 Å². The van der Waals surface area contributed by atoms with Crippen molar-refractivity contribution in [2.24, 2.45) is 0 Å². The first-order valence-electron chi connectivity index (χ1n) is 6.84. The summed E-state index contributed by atoms with van der Waals surface area (Å²) in [5.41, 5.74) is 0. The monoisotopic (exact) mass is 352 g/mol. The summed E-state index contributed by atoms with van der Waals surface area (Å²) in [6, 6.07) is 4.11. The maximum absolute atomic E-state index is 4.63. The minimum Gasteiger partial charge on any atom is -0.370 e. The van der Waals surface area contributed by atoms with Crippen LogP contribution < -0.4 is 10.6 Å². The lowest BCUT2D eigenvalue weighted by molar-refractivity contribution is 0.919. The second-order valence-electron chi connectivity index (χ2n) is 4.89. The molecule has 1 aliphatic carbocycles. The molecule has 0 saturated heterocycles. The molecule has 0 aromatic carbocycles. The summed E-state index contributed by atoms with van der Waals surface area (Å²) in [4.78, 5) is 10.5. The lowest BCUT2D eigenvalue weighted by atomic mass is 10.3. The predicted molar refractivity (Wildman–Crippen MR) is 87.5 cm³/mol. The van der Waals surface area contributed by atoms with Crippen LogP contribution in [0, 0.1) is 0 Å². The quantitative estimate of drug-likeness (QED) is 0.816. The number of halogens is 1. The topological polar surface area (TPSA) is 49.8 Å². The van der Waals surface area contributed by atoms with E-state index >= 15 is 0 Å². The summed E-state index contributed by atoms with van der Waals surface area (Å²) >= 11 is 5.21. The standard InChI is InChI=1S/C14H17BrN4S/c1-2-16-12-6-13(19-14(18-12)9-3-4-9)17-7-11-5-10(15)8-20-11/h5-6,8-9H,2-4,7H2,1H3,(H2,16,17,18,19). The Balaban J connectivity index is 1.73. The molecule has 106 valence electrons. The van der Waals surface area contributed by atoms with Gasteiger partial charge in [0.25, 0.3) is 0 Å². The van der Waals surface area contributed by atoms with Crippen LogP contribution >= 0.6 is 27.3 Å². The minimum absolute atomic E-state index is 0.560. The smallest absolute Gasteiger partial charge is 0.136 e. The lowest BCUT2D eigenvalue weighted by Gasteiger charge is -2.09. The molecule has 6 heteroatoms. The third kappa shape index (κ3) is 3.49. The first-order chi connectivity index (χ1) is 9.74. The van der Waals surface area contributed by atoms with Gasteiger partial charge in [0.2, 0.25) is 0 Å². The van der Waals surface area contributed by atoms with E-state index in [0.717, 1.165) is 35.0 Å². The summed E-state index contributed by atoms with van der Waals surface area (Å²) < 4.78 is 1.13. The van der Waals surface area contributed by atoms with Crippen LogP contribution in [0.1, 0.15) is 36.4 Å². The van der Waals surface area contributed by atoms with E-state index in [4.69, 9.17) is 0 Å². The van der Waals surface area contributed by atoms with Crippen LogP contribution in [0.2, 0.25) is 0 Å². The molecule has 20 heavy (non-hydrogen) atoms. The van der Waals surface area contributed by atoms with Crippen LogP contribution in [0.15, 0.2) is 22.0 Å². The number of hydrogen-bond acceptors (Lipinski definition) is 5. The summed E-state index contributed by atoms with van der Waals surface area (Å²) in [6.45, 7) is 3.75. The number of aromatic nitrogens is 2. The Labute approximate surface area is 131 Å². The molecule has 1 saturated carbocycles. The normalized spacial score (nSPS) is 14.3. The van der Waals surface area contributed by atoms with Gasteiger partial charge < -0.3 is 10.6 Å². The molecule has 0 atom stereocenters. The third-order valence-electron chi connectivity index (χ3n) is 3.11. The average Bonchev–Trinajstić information content (AvgIpc) is 3.20. The number of nitrogens with one attached hydrogen (secondary N) is 2. The first-order valence-corrected chi connectivity index (χ1v) is 8.51. The van der Waals surface area contributed by atoms with Gasteiger partial charge in [-0.15, -0.1) is 11.3 Å². The van der Waals surface area contributed by atoms with Crippen LogP contribution in [0.4, 0.5) is 11.6 Å². The van der Waals surface area contributed by atoms with Crippen molar-refractivity contribution in [3.05, 3.63) is 32.7 Å². The summed E-state index contributed by atoms with van der Waals surface area (Å²) in [5.74, 6) is 3.35. The van der Waals surface area contributed by atoms with E-state index in [0.29, 0.717) is 5.92 Å². The fraction of sp³-hybridized carbons (Fsp3) is 0.429. The molecule has 2 N–H and O–H groups in total. The second-order valence-corrected chi connectivity index (χ2v) is 6.80. The Kier molecular flexibility index (Phi) is 4.21. The zero-order valence-corrected chi connectivity index (χ0v) is 13.7. The van der Waals surface area contributed by atoms with Gasteiger partial charge >= 0.3 is 0 Å². The fourth-order valence-electron chi connectivity index (χ4n) is 1.98. The molecule has 4 nitrogen and oxygen atoms in total. The number of anilines is 2. The highest BCUT2D eigenvalue weighted by Crippen LogP contribution is 2.38. The molecule has 2 heterocycles. The molecule has 0 spiro atoms. The molecule has 1 fully saturated rings. The molecule has 0 bridgehead atoms. The van der Waals surface area contributed by atoms with Crippen molar-refractivity contribution in [2.75, 3.05) is 17.2 Å². The Morgan fingerprint density at radius 3 is 2.60 bits per heavy atom. The van der Waals surface area contributed by atoms with Gasteiger partial charge in [-0.2, -0.15) is 0 Å². The molecule has 0 aliphatic heterocycles. The van der Waals surface area contributed by atoms with Crippen molar-refractivity contribution >= 4 is 38.9 Å². The van der Waals surface area contributed by atoms with E-state index in [9.17, 15) is 0 Å². The van der Waals surface area contributed by atoms with E-state index < -0.39 is 0 Å². The van der Waals surface area contributed by atoms with Gasteiger partial charge in [0.15, 0.2) is 0 Å². The molecule has 3 rings (SSSR count). The Bertz CT molecular complexity index is 595. The van der Waals surface area contributed by atoms with Crippen molar-refractivity contribution in [1.82, 2.24) is 9.97 Å². The Hall–Kier alpha value is -1.14. The molecule has 0 amide bonds. The number of nitrogens with zero attached hydrogens (tertiary/aromatic N) is 2. The molecule has 2 aromatic rings. The van der Waals surface area contributed by atoms with Gasteiger partial charge in [0, 0.05) is 33.3 Å². The number of rotatable bonds is 6. The van der Waals surface area contributed by atoms with Crippen LogP contribution in [0.25, 0.3) is 0 Å². The molecule has 0 radical (unpaired) electrons. The van der Waals surface area contributed by atoms with E-state index in [-0.39, 0.29) is 0 Å². The van der Waals surface area contributed by atoms with Crippen LogP contribution in [0.3, 0.4) is 0 Å². The SMILES string of the molecule is CCNc1cc(NCc2cc(Br)cs2)nc(C2CC2)n1. The second kappa shape index (κ2) is 6.10. The molecular weight excluding hydrogens is 336 g/mol. The molecular formula is C14H17BrN4S. The van der Waals surface area contributed by atoms with E-state index in [1.54, 1.807) is 11.3 Å². The summed E-state index contributed by atoms with van der Waals surface area (Å²) in [7, 11) is 0. The van der Waals surface area contributed by atoms with Gasteiger partial charge in [-0.25, -0.2) is 9.97 Å². The maximum Gasteiger partial charge on any atom is 0.136 e. The van der Waals surface area contributed by atoms with Crippen molar-refractivity contribution in [3.8, 4) is 0 Å². The summed E-state index contributed by atoms with van der Waals surface area (Å²) in [5, 5.41) is 8.77. The van der Waals surface area contributed by atoms with Gasteiger partial charge in [-0.3, -0.25) is 0 Å². The highest BCUT2D eigenvalue weighted by Gasteiger charge is 2.27. The third-order valence-corrected chi connectivity index (χ3v) is 4.81. The number of hydrogen-bond donors (Lipinski definition) is 2. The Morgan fingerprint density at radius 1 is 1.25 bits per heavy atom. The van der Waals surface area contributed by atoms with E-state index in [1.165, 1.54) is 17.7 Å². The van der Waals surface area contributed by atoms with Crippen molar-refractivity contribution in [3.63, 3.8) is 0 Å². The average molecular weight is 353 g/mol.